The van der Waals surface area contributed by atoms with Gasteiger partial charge in [-0.25, -0.2) is 0 Å². The van der Waals surface area contributed by atoms with Gasteiger partial charge < -0.3 is 9.88 Å². The average Bonchev–Trinajstić information content (AvgIpc) is 3.03. The molecule has 29 heavy (non-hydrogen) atoms. The van der Waals surface area contributed by atoms with Crippen molar-refractivity contribution >= 4 is 35.0 Å². The number of hydrogen-bond acceptors (Lipinski definition) is 5. The number of benzene rings is 1. The summed E-state index contributed by atoms with van der Waals surface area (Å²) in [6.07, 6.45) is -1.32. The third-order valence-electron chi connectivity index (χ3n) is 3.95. The maximum Gasteiger partial charge on any atom is 0.417 e. The van der Waals surface area contributed by atoms with E-state index in [0.29, 0.717) is 11.0 Å². The Morgan fingerprint density at radius 2 is 2.03 bits per heavy atom. The summed E-state index contributed by atoms with van der Waals surface area (Å²) in [6, 6.07) is 6.82. The van der Waals surface area contributed by atoms with Crippen molar-refractivity contribution in [2.75, 3.05) is 5.32 Å². The molecule has 0 aliphatic rings. The quantitative estimate of drug-likeness (QED) is 0.582. The van der Waals surface area contributed by atoms with Crippen LogP contribution >= 0.6 is 23.4 Å². The van der Waals surface area contributed by atoms with Crippen molar-refractivity contribution < 1.29 is 18.0 Å². The number of carbonyl (C=O) groups is 1. The second-order valence-electron chi connectivity index (χ2n) is 6.05. The first-order valence-corrected chi connectivity index (χ1v) is 9.56. The lowest BCUT2D eigenvalue weighted by Gasteiger charge is -2.14. The van der Waals surface area contributed by atoms with Gasteiger partial charge in [-0.3, -0.25) is 9.78 Å². The Balaban J connectivity index is 1.72. The number of aromatic nitrogens is 4. The maximum absolute atomic E-state index is 13.0. The van der Waals surface area contributed by atoms with Crippen LogP contribution in [-0.2, 0) is 18.0 Å². The van der Waals surface area contributed by atoms with Crippen molar-refractivity contribution in [3.63, 3.8) is 0 Å². The smallest absolute Gasteiger partial charge is 0.325 e. The SMILES string of the molecule is CC(Sc1nnc(-c2cccnc2)n1C)C(=O)Nc1ccc(Cl)c(C(F)(F)F)c1. The minimum absolute atomic E-state index is 0.00758. The molecule has 0 spiro atoms. The Bertz CT molecular complexity index is 1030. The van der Waals surface area contributed by atoms with Gasteiger partial charge in [-0.05, 0) is 37.3 Å². The van der Waals surface area contributed by atoms with Crippen LogP contribution in [0.2, 0.25) is 5.02 Å². The zero-order valence-corrected chi connectivity index (χ0v) is 16.8. The molecule has 1 aromatic carbocycles. The van der Waals surface area contributed by atoms with Crippen molar-refractivity contribution in [3.05, 3.63) is 53.3 Å². The number of nitrogens with zero attached hydrogens (tertiary/aromatic N) is 4. The highest BCUT2D eigenvalue weighted by atomic mass is 35.5. The van der Waals surface area contributed by atoms with E-state index in [-0.39, 0.29) is 5.69 Å². The Morgan fingerprint density at radius 3 is 2.69 bits per heavy atom. The molecule has 0 radical (unpaired) electrons. The summed E-state index contributed by atoms with van der Waals surface area (Å²) in [5, 5.41) is 10.1. The monoisotopic (exact) mass is 441 g/mol. The summed E-state index contributed by atoms with van der Waals surface area (Å²) < 4.78 is 40.6. The van der Waals surface area contributed by atoms with Crippen LogP contribution in [0.25, 0.3) is 11.4 Å². The fourth-order valence-electron chi connectivity index (χ4n) is 2.44. The minimum Gasteiger partial charge on any atom is -0.325 e. The predicted octanol–water partition coefficient (Wildman–Crippen LogP) is 4.67. The number of nitrogens with one attached hydrogen (secondary N) is 1. The Kier molecular flexibility index (Phi) is 6.13. The summed E-state index contributed by atoms with van der Waals surface area (Å²) in [4.78, 5) is 16.5. The van der Waals surface area contributed by atoms with Gasteiger partial charge in [0.05, 0.1) is 15.8 Å². The highest BCUT2D eigenvalue weighted by molar-refractivity contribution is 8.00. The van der Waals surface area contributed by atoms with E-state index < -0.39 is 27.9 Å². The molecule has 152 valence electrons. The van der Waals surface area contributed by atoms with Gasteiger partial charge in [-0.1, -0.05) is 23.4 Å². The van der Waals surface area contributed by atoms with Crippen molar-refractivity contribution in [2.45, 2.75) is 23.5 Å². The average molecular weight is 442 g/mol. The van der Waals surface area contributed by atoms with Gasteiger partial charge in [-0.15, -0.1) is 10.2 Å². The van der Waals surface area contributed by atoms with Crippen LogP contribution < -0.4 is 5.32 Å². The molecule has 1 amide bonds. The Hall–Kier alpha value is -2.59. The number of pyridine rings is 1. The van der Waals surface area contributed by atoms with Gasteiger partial charge in [-0.2, -0.15) is 13.2 Å². The lowest BCUT2D eigenvalue weighted by Crippen LogP contribution is -2.23. The van der Waals surface area contributed by atoms with Gasteiger partial charge in [0.1, 0.15) is 0 Å². The number of amides is 1. The molecule has 1 atom stereocenters. The zero-order chi connectivity index (χ0) is 21.2. The number of hydrogen-bond donors (Lipinski definition) is 1. The topological polar surface area (TPSA) is 72.7 Å². The fourth-order valence-corrected chi connectivity index (χ4v) is 3.48. The Morgan fingerprint density at radius 1 is 1.28 bits per heavy atom. The number of rotatable bonds is 5. The molecule has 2 heterocycles. The molecular weight excluding hydrogens is 427 g/mol. The number of thioether (sulfide) groups is 1. The second kappa shape index (κ2) is 8.42. The molecule has 0 saturated heterocycles. The molecule has 0 bridgehead atoms. The van der Waals surface area contributed by atoms with E-state index in [1.165, 1.54) is 6.07 Å². The van der Waals surface area contributed by atoms with E-state index in [1.54, 1.807) is 37.0 Å². The third kappa shape index (κ3) is 4.88. The summed E-state index contributed by atoms with van der Waals surface area (Å²) >= 11 is 6.73. The van der Waals surface area contributed by atoms with Crippen LogP contribution in [0.15, 0.2) is 47.9 Å². The molecule has 2 aromatic heterocycles. The molecule has 0 fully saturated rings. The number of halogens is 4. The van der Waals surface area contributed by atoms with Gasteiger partial charge >= 0.3 is 6.18 Å². The normalized spacial score (nSPS) is 12.6. The van der Waals surface area contributed by atoms with E-state index in [1.807, 2.05) is 6.07 Å². The molecule has 1 N–H and O–H groups in total. The first-order valence-electron chi connectivity index (χ1n) is 8.31. The van der Waals surface area contributed by atoms with E-state index in [4.69, 9.17) is 11.6 Å². The summed E-state index contributed by atoms with van der Waals surface area (Å²) in [5.41, 5.74) is -0.229. The van der Waals surface area contributed by atoms with Crippen LogP contribution in [0, 0.1) is 0 Å². The van der Waals surface area contributed by atoms with Crippen LogP contribution in [-0.4, -0.2) is 30.9 Å². The van der Waals surface area contributed by atoms with E-state index in [2.05, 4.69) is 20.5 Å². The van der Waals surface area contributed by atoms with E-state index >= 15 is 0 Å². The van der Waals surface area contributed by atoms with Gasteiger partial charge in [0.2, 0.25) is 5.91 Å². The predicted molar refractivity (Wildman–Crippen MR) is 105 cm³/mol. The van der Waals surface area contributed by atoms with Gasteiger partial charge in [0.25, 0.3) is 0 Å². The highest BCUT2D eigenvalue weighted by Crippen LogP contribution is 2.36. The largest absolute Gasteiger partial charge is 0.417 e. The molecular formula is C18H15ClF3N5OS. The molecule has 0 aliphatic carbocycles. The summed E-state index contributed by atoms with van der Waals surface area (Å²) in [6.45, 7) is 1.62. The van der Waals surface area contributed by atoms with Crippen molar-refractivity contribution in [2.24, 2.45) is 7.05 Å². The summed E-state index contributed by atoms with van der Waals surface area (Å²) in [5.74, 6) is 0.108. The van der Waals surface area contributed by atoms with Crippen LogP contribution in [0.1, 0.15) is 12.5 Å². The number of carbonyl (C=O) groups excluding carboxylic acids is 1. The highest BCUT2D eigenvalue weighted by Gasteiger charge is 2.33. The lowest BCUT2D eigenvalue weighted by molar-refractivity contribution is -0.137. The first-order chi connectivity index (χ1) is 13.7. The minimum atomic E-state index is -4.61. The summed E-state index contributed by atoms with van der Waals surface area (Å²) in [7, 11) is 1.75. The van der Waals surface area contributed by atoms with Crippen LogP contribution in [0.3, 0.4) is 0 Å². The first kappa shape index (κ1) is 21.1. The fraction of sp³-hybridized carbons (Fsp3) is 0.222. The molecule has 3 rings (SSSR count). The molecule has 3 aromatic rings. The molecule has 11 heteroatoms. The van der Waals surface area contributed by atoms with Crippen LogP contribution in [0.4, 0.5) is 18.9 Å². The maximum atomic E-state index is 13.0. The molecule has 0 aliphatic heterocycles. The van der Waals surface area contributed by atoms with Crippen molar-refractivity contribution in [3.8, 4) is 11.4 Å². The molecule has 6 nitrogen and oxygen atoms in total. The van der Waals surface area contributed by atoms with Gasteiger partial charge in [0.15, 0.2) is 11.0 Å². The molecule has 0 saturated carbocycles. The van der Waals surface area contributed by atoms with E-state index in [9.17, 15) is 18.0 Å². The lowest BCUT2D eigenvalue weighted by atomic mass is 10.2. The zero-order valence-electron chi connectivity index (χ0n) is 15.2. The third-order valence-corrected chi connectivity index (χ3v) is 5.41. The van der Waals surface area contributed by atoms with Crippen molar-refractivity contribution in [1.29, 1.82) is 0 Å². The Labute approximate surface area is 173 Å². The van der Waals surface area contributed by atoms with Crippen molar-refractivity contribution in [1.82, 2.24) is 19.7 Å². The standard InChI is InChI=1S/C18H15ClF3N5OS/c1-10(16(28)24-12-5-6-14(19)13(8-12)18(20,21)22)29-17-26-25-15(27(17)2)11-4-3-7-23-9-11/h3-10H,1-2H3,(H,24,28). The van der Waals surface area contributed by atoms with E-state index in [0.717, 1.165) is 29.5 Å². The van der Waals surface area contributed by atoms with Gasteiger partial charge in [0, 0.05) is 30.7 Å². The molecule has 1 unspecified atom stereocenters. The van der Waals surface area contributed by atoms with Crippen LogP contribution in [0.5, 0.6) is 0 Å². The number of anilines is 1. The second-order valence-corrected chi connectivity index (χ2v) is 7.76. The number of alkyl halides is 3.